The van der Waals surface area contributed by atoms with Crippen LogP contribution in [0, 0.1) is 5.41 Å². The molecule has 0 aromatic carbocycles. The van der Waals surface area contributed by atoms with E-state index in [4.69, 9.17) is 4.74 Å². The Hall–Kier alpha value is -1.99. The van der Waals surface area contributed by atoms with Gasteiger partial charge in [-0.1, -0.05) is 0 Å². The van der Waals surface area contributed by atoms with E-state index in [1.807, 2.05) is 41.5 Å². The van der Waals surface area contributed by atoms with Crippen LogP contribution in [0.5, 0.6) is 0 Å². The van der Waals surface area contributed by atoms with Gasteiger partial charge in [-0.2, -0.15) is 0 Å². The van der Waals surface area contributed by atoms with Crippen molar-refractivity contribution in [2.75, 3.05) is 33.2 Å². The van der Waals surface area contributed by atoms with Crippen molar-refractivity contribution in [3.05, 3.63) is 0 Å². The van der Waals surface area contributed by atoms with E-state index in [9.17, 15) is 9.59 Å². The minimum Gasteiger partial charge on any atom is -0.444 e. The van der Waals surface area contributed by atoms with E-state index in [0.717, 1.165) is 18.9 Å². The van der Waals surface area contributed by atoms with E-state index in [0.29, 0.717) is 19.6 Å². The minimum atomic E-state index is -0.542. The van der Waals surface area contributed by atoms with Crippen molar-refractivity contribution >= 4 is 18.0 Å². The minimum absolute atomic E-state index is 0.00819. The second-order valence-corrected chi connectivity index (χ2v) is 8.22. The van der Waals surface area contributed by atoms with Crippen LogP contribution in [0.2, 0.25) is 0 Å². The summed E-state index contributed by atoms with van der Waals surface area (Å²) in [5.41, 5.74) is -1.05. The molecule has 0 saturated carbocycles. The highest BCUT2D eigenvalue weighted by Crippen LogP contribution is 2.15. The van der Waals surface area contributed by atoms with E-state index < -0.39 is 17.1 Å². The number of guanidine groups is 1. The van der Waals surface area contributed by atoms with Crippen LogP contribution in [0.1, 0.15) is 48.0 Å². The van der Waals surface area contributed by atoms with Crippen molar-refractivity contribution in [2.45, 2.75) is 59.6 Å². The molecule has 1 unspecified atom stereocenters. The van der Waals surface area contributed by atoms with E-state index >= 15 is 0 Å². The molecular weight excluding hydrogens is 334 g/mol. The zero-order valence-electron chi connectivity index (χ0n) is 17.2. The molecule has 0 aromatic rings. The Morgan fingerprint density at radius 1 is 1.19 bits per heavy atom. The summed E-state index contributed by atoms with van der Waals surface area (Å²) in [6.45, 7) is 13.8. The Morgan fingerprint density at radius 2 is 1.85 bits per heavy atom. The number of aliphatic imine (C=N–C) groups is 1. The number of rotatable bonds is 5. The van der Waals surface area contributed by atoms with Crippen molar-refractivity contribution in [3.63, 3.8) is 0 Å². The molecule has 1 aliphatic rings. The lowest BCUT2D eigenvalue weighted by Gasteiger charge is -2.28. The highest BCUT2D eigenvalue weighted by molar-refractivity contribution is 5.84. The van der Waals surface area contributed by atoms with E-state index in [1.54, 1.807) is 7.05 Å². The summed E-state index contributed by atoms with van der Waals surface area (Å²) in [4.78, 5) is 30.4. The maximum atomic E-state index is 12.1. The first kappa shape index (κ1) is 22.1. The Morgan fingerprint density at radius 3 is 2.38 bits per heavy atom. The van der Waals surface area contributed by atoms with Crippen molar-refractivity contribution < 1.29 is 14.3 Å². The van der Waals surface area contributed by atoms with Crippen LogP contribution in [-0.4, -0.2) is 67.7 Å². The standard InChI is InChI=1S/C18H35N5O3/c1-8-20-14(24)18(5,6)12-21-15(19-7)23-10-9-13(11-23)22-16(25)26-17(2,3)4/h13H,8-12H2,1-7H3,(H,19,21)(H,20,24)(H,22,25). The summed E-state index contributed by atoms with van der Waals surface area (Å²) < 4.78 is 5.30. The third kappa shape index (κ3) is 7.09. The fourth-order valence-corrected chi connectivity index (χ4v) is 2.66. The summed E-state index contributed by atoms with van der Waals surface area (Å²) in [5.74, 6) is 0.740. The SMILES string of the molecule is CCNC(=O)C(C)(C)CNC(=NC)N1CCC(NC(=O)OC(C)(C)C)C1. The first-order valence-corrected chi connectivity index (χ1v) is 9.22. The molecule has 0 aliphatic carbocycles. The van der Waals surface area contributed by atoms with Gasteiger partial charge in [0.2, 0.25) is 5.91 Å². The first-order chi connectivity index (χ1) is 12.0. The van der Waals surface area contributed by atoms with Gasteiger partial charge < -0.3 is 25.6 Å². The Kier molecular flexibility index (Phi) is 7.71. The number of amides is 2. The number of hydrogen-bond acceptors (Lipinski definition) is 4. The lowest BCUT2D eigenvalue weighted by atomic mass is 9.92. The molecule has 1 heterocycles. The van der Waals surface area contributed by atoms with Gasteiger partial charge in [0.15, 0.2) is 5.96 Å². The summed E-state index contributed by atoms with van der Waals surface area (Å²) >= 11 is 0. The van der Waals surface area contributed by atoms with E-state index in [2.05, 4.69) is 25.8 Å². The lowest BCUT2D eigenvalue weighted by Crippen LogP contribution is -2.49. The predicted molar refractivity (Wildman–Crippen MR) is 103 cm³/mol. The second-order valence-electron chi connectivity index (χ2n) is 8.22. The van der Waals surface area contributed by atoms with Crippen LogP contribution in [-0.2, 0) is 9.53 Å². The highest BCUT2D eigenvalue weighted by Gasteiger charge is 2.31. The molecule has 8 heteroatoms. The fourth-order valence-electron chi connectivity index (χ4n) is 2.66. The number of carbonyl (C=O) groups excluding carboxylic acids is 2. The molecule has 8 nitrogen and oxygen atoms in total. The largest absolute Gasteiger partial charge is 0.444 e. The predicted octanol–water partition coefficient (Wildman–Crippen LogP) is 1.32. The van der Waals surface area contributed by atoms with Crippen molar-refractivity contribution in [2.24, 2.45) is 10.4 Å². The molecule has 1 rings (SSSR count). The normalized spacial score (nSPS) is 18.5. The van der Waals surface area contributed by atoms with Gasteiger partial charge in [-0.3, -0.25) is 9.79 Å². The van der Waals surface area contributed by atoms with Gasteiger partial charge in [-0.25, -0.2) is 4.79 Å². The van der Waals surface area contributed by atoms with Crippen molar-refractivity contribution in [1.82, 2.24) is 20.9 Å². The fraction of sp³-hybridized carbons (Fsp3) is 0.833. The average Bonchev–Trinajstić information content (AvgIpc) is 2.94. The Balaban J connectivity index is 2.52. The van der Waals surface area contributed by atoms with Crippen molar-refractivity contribution in [1.29, 1.82) is 0 Å². The molecule has 1 atom stereocenters. The number of ether oxygens (including phenoxy) is 1. The number of nitrogens with one attached hydrogen (secondary N) is 3. The van der Waals surface area contributed by atoms with Crippen LogP contribution in [0.25, 0.3) is 0 Å². The van der Waals surface area contributed by atoms with Crippen LogP contribution in [0.3, 0.4) is 0 Å². The summed E-state index contributed by atoms with van der Waals surface area (Å²) in [6.07, 6.45) is 0.421. The molecule has 0 spiro atoms. The molecular formula is C18H35N5O3. The van der Waals surface area contributed by atoms with Gasteiger partial charge in [-0.05, 0) is 48.0 Å². The van der Waals surface area contributed by atoms with Crippen LogP contribution >= 0.6 is 0 Å². The van der Waals surface area contributed by atoms with Crippen LogP contribution in [0.15, 0.2) is 4.99 Å². The molecule has 0 radical (unpaired) electrons. The third-order valence-corrected chi connectivity index (χ3v) is 4.06. The quantitative estimate of drug-likeness (QED) is 0.502. The summed E-state index contributed by atoms with van der Waals surface area (Å²) in [5, 5.41) is 9.03. The zero-order chi connectivity index (χ0) is 20.0. The first-order valence-electron chi connectivity index (χ1n) is 9.22. The number of hydrogen-bond donors (Lipinski definition) is 3. The van der Waals surface area contributed by atoms with E-state index in [1.165, 1.54) is 0 Å². The lowest BCUT2D eigenvalue weighted by molar-refractivity contribution is -0.128. The number of nitrogens with zero attached hydrogens (tertiary/aromatic N) is 2. The molecule has 0 aromatic heterocycles. The Labute approximate surface area is 157 Å². The molecule has 150 valence electrons. The molecule has 26 heavy (non-hydrogen) atoms. The Bertz CT molecular complexity index is 525. The molecule has 0 bridgehead atoms. The maximum absolute atomic E-state index is 12.1. The molecule has 1 aliphatic heterocycles. The monoisotopic (exact) mass is 369 g/mol. The van der Waals surface area contributed by atoms with Crippen molar-refractivity contribution in [3.8, 4) is 0 Å². The number of carbonyl (C=O) groups is 2. The maximum Gasteiger partial charge on any atom is 0.407 e. The molecule has 2 amide bonds. The zero-order valence-corrected chi connectivity index (χ0v) is 17.2. The topological polar surface area (TPSA) is 95.1 Å². The van der Waals surface area contributed by atoms with Gasteiger partial charge in [0.1, 0.15) is 5.60 Å². The van der Waals surface area contributed by atoms with Gasteiger partial charge in [0.25, 0.3) is 0 Å². The smallest absolute Gasteiger partial charge is 0.407 e. The second kappa shape index (κ2) is 9.09. The van der Waals surface area contributed by atoms with Crippen LogP contribution < -0.4 is 16.0 Å². The summed E-state index contributed by atoms with van der Waals surface area (Å²) in [7, 11) is 1.72. The average molecular weight is 370 g/mol. The van der Waals surface area contributed by atoms with Gasteiger partial charge in [-0.15, -0.1) is 0 Å². The number of likely N-dealkylation sites (tertiary alicyclic amines) is 1. The highest BCUT2D eigenvalue weighted by atomic mass is 16.6. The molecule has 3 N–H and O–H groups in total. The molecule has 1 fully saturated rings. The van der Waals surface area contributed by atoms with Gasteiger partial charge in [0, 0.05) is 33.2 Å². The molecule has 1 saturated heterocycles. The summed E-state index contributed by atoms with van der Waals surface area (Å²) in [6, 6.07) is 0.0137. The number of alkyl carbamates (subject to hydrolysis) is 1. The third-order valence-electron chi connectivity index (χ3n) is 4.06. The van der Waals surface area contributed by atoms with Gasteiger partial charge in [0.05, 0.1) is 11.5 Å². The van der Waals surface area contributed by atoms with Gasteiger partial charge >= 0.3 is 6.09 Å². The van der Waals surface area contributed by atoms with E-state index in [-0.39, 0.29) is 11.9 Å². The van der Waals surface area contributed by atoms with Crippen LogP contribution in [0.4, 0.5) is 4.79 Å².